The number of nitrogens with one attached hydrogen (secondary N) is 1. The average molecular weight is 524 g/mol. The number of nitrogens with zero attached hydrogens (tertiary/aromatic N) is 2. The number of non-ortho nitro benzene ring substituents is 1. The van der Waals surface area contributed by atoms with Crippen molar-refractivity contribution in [2.75, 3.05) is 14.2 Å². The molecule has 13 heteroatoms. The van der Waals surface area contributed by atoms with E-state index < -0.39 is 55.5 Å². The minimum atomic E-state index is -4.52. The van der Waals surface area contributed by atoms with Gasteiger partial charge in [-0.25, -0.2) is 13.5 Å². The standard InChI is InChI=1S/C23H29N3O9S/c1-23(2,3)35-21(27)14-18(22(28)25(4)33-5)24-36(31,32)20-12-11-17(26(29)30)13-19(20)34-15-16-9-7-6-8-10-16/h6-13,18,24H,14-15H2,1-5H3/t18-/m0/s1. The topological polar surface area (TPSA) is 154 Å². The second-order valence-corrected chi connectivity index (χ2v) is 10.3. The van der Waals surface area contributed by atoms with Gasteiger partial charge < -0.3 is 9.47 Å². The molecular weight excluding hydrogens is 494 g/mol. The summed E-state index contributed by atoms with van der Waals surface area (Å²) in [4.78, 5) is 40.1. The second-order valence-electron chi connectivity index (χ2n) is 8.65. The number of sulfonamides is 1. The molecule has 2 aromatic rings. The zero-order chi connectivity index (χ0) is 27.1. The number of benzene rings is 2. The predicted octanol–water partition coefficient (Wildman–Crippen LogP) is 2.57. The molecule has 0 fully saturated rings. The Bertz CT molecular complexity index is 1200. The summed E-state index contributed by atoms with van der Waals surface area (Å²) in [6, 6.07) is 10.1. The van der Waals surface area contributed by atoms with Gasteiger partial charge in [0, 0.05) is 13.1 Å². The number of nitro groups is 1. The molecule has 0 aliphatic rings. The van der Waals surface area contributed by atoms with Gasteiger partial charge in [0.25, 0.3) is 11.6 Å². The van der Waals surface area contributed by atoms with Crippen LogP contribution in [0.1, 0.15) is 32.8 Å². The lowest BCUT2D eigenvalue weighted by molar-refractivity contribution is -0.385. The van der Waals surface area contributed by atoms with Crippen molar-refractivity contribution in [3.8, 4) is 5.75 Å². The van der Waals surface area contributed by atoms with E-state index in [9.17, 15) is 28.1 Å². The molecule has 2 aromatic carbocycles. The van der Waals surface area contributed by atoms with Crippen LogP contribution in [0.3, 0.4) is 0 Å². The molecule has 0 aliphatic carbocycles. The fourth-order valence-corrected chi connectivity index (χ4v) is 4.29. The second kappa shape index (κ2) is 11.9. The van der Waals surface area contributed by atoms with Gasteiger partial charge in [-0.3, -0.25) is 24.5 Å². The number of hydrogen-bond donors (Lipinski definition) is 1. The fourth-order valence-electron chi connectivity index (χ4n) is 2.97. The van der Waals surface area contributed by atoms with E-state index in [2.05, 4.69) is 4.72 Å². The number of carbonyl (C=O) groups excluding carboxylic acids is 2. The Balaban J connectivity index is 2.41. The molecule has 0 unspecified atom stereocenters. The van der Waals surface area contributed by atoms with E-state index in [1.165, 1.54) is 14.2 Å². The van der Waals surface area contributed by atoms with Gasteiger partial charge >= 0.3 is 5.97 Å². The number of hydroxylamine groups is 2. The highest BCUT2D eigenvalue weighted by Gasteiger charge is 2.34. The lowest BCUT2D eigenvalue weighted by atomic mass is 10.1. The Morgan fingerprint density at radius 2 is 1.78 bits per heavy atom. The van der Waals surface area contributed by atoms with Gasteiger partial charge in [-0.15, -0.1) is 0 Å². The van der Waals surface area contributed by atoms with Crippen LogP contribution in [0.2, 0.25) is 0 Å². The van der Waals surface area contributed by atoms with Gasteiger partial charge in [-0.2, -0.15) is 4.72 Å². The first-order valence-corrected chi connectivity index (χ1v) is 12.2. The monoisotopic (exact) mass is 523 g/mol. The predicted molar refractivity (Wildman–Crippen MR) is 128 cm³/mol. The molecule has 0 radical (unpaired) electrons. The number of likely N-dealkylation sites (N-methyl/N-ethyl adjacent to an activating group) is 1. The number of hydrogen-bond acceptors (Lipinski definition) is 9. The van der Waals surface area contributed by atoms with Crippen LogP contribution < -0.4 is 9.46 Å². The van der Waals surface area contributed by atoms with Crippen molar-refractivity contribution in [1.82, 2.24) is 9.79 Å². The highest BCUT2D eigenvalue weighted by atomic mass is 32.2. The summed E-state index contributed by atoms with van der Waals surface area (Å²) >= 11 is 0. The van der Waals surface area contributed by atoms with Crippen LogP contribution >= 0.6 is 0 Å². The Morgan fingerprint density at radius 1 is 1.14 bits per heavy atom. The van der Waals surface area contributed by atoms with Crippen LogP contribution in [0.15, 0.2) is 53.4 Å². The first-order chi connectivity index (χ1) is 16.7. The zero-order valence-electron chi connectivity index (χ0n) is 20.6. The van der Waals surface area contributed by atoms with Crippen molar-refractivity contribution in [2.24, 2.45) is 0 Å². The minimum Gasteiger partial charge on any atom is -0.487 e. The van der Waals surface area contributed by atoms with Crippen LogP contribution in [-0.4, -0.2) is 56.1 Å². The van der Waals surface area contributed by atoms with Crippen LogP contribution in [0.25, 0.3) is 0 Å². The normalized spacial score (nSPS) is 12.5. The molecule has 0 saturated carbocycles. The molecule has 1 N–H and O–H groups in total. The number of nitro benzene ring substituents is 1. The van der Waals surface area contributed by atoms with E-state index in [0.29, 0.717) is 5.56 Å². The zero-order valence-corrected chi connectivity index (χ0v) is 21.4. The van der Waals surface area contributed by atoms with Crippen molar-refractivity contribution < 1.29 is 37.2 Å². The molecule has 0 spiro atoms. The Labute approximate surface area is 209 Å². The summed E-state index contributed by atoms with van der Waals surface area (Å²) in [6.07, 6.45) is -0.629. The molecule has 2 rings (SSSR count). The first-order valence-electron chi connectivity index (χ1n) is 10.7. The van der Waals surface area contributed by atoms with Gasteiger partial charge in [0.05, 0.1) is 24.5 Å². The average Bonchev–Trinajstić information content (AvgIpc) is 2.80. The molecule has 12 nitrogen and oxygen atoms in total. The van der Waals surface area contributed by atoms with E-state index in [-0.39, 0.29) is 12.4 Å². The summed E-state index contributed by atoms with van der Waals surface area (Å²) < 4.78 is 39.6. The Hall–Kier alpha value is -3.55. The number of ether oxygens (including phenoxy) is 2. The van der Waals surface area contributed by atoms with E-state index in [4.69, 9.17) is 14.3 Å². The quantitative estimate of drug-likeness (QED) is 0.266. The maximum absolute atomic E-state index is 13.3. The number of amides is 1. The third-order valence-corrected chi connectivity index (χ3v) is 6.15. The van der Waals surface area contributed by atoms with E-state index in [0.717, 1.165) is 23.3 Å². The van der Waals surface area contributed by atoms with Crippen molar-refractivity contribution in [3.05, 3.63) is 64.2 Å². The van der Waals surface area contributed by atoms with E-state index in [1.54, 1.807) is 51.1 Å². The van der Waals surface area contributed by atoms with Gasteiger partial charge in [0.1, 0.15) is 28.9 Å². The molecule has 0 heterocycles. The highest BCUT2D eigenvalue weighted by molar-refractivity contribution is 7.89. The maximum atomic E-state index is 13.3. The molecule has 0 bridgehead atoms. The van der Waals surface area contributed by atoms with Crippen molar-refractivity contribution in [3.63, 3.8) is 0 Å². The van der Waals surface area contributed by atoms with Gasteiger partial charge in [-0.05, 0) is 32.4 Å². The van der Waals surface area contributed by atoms with E-state index >= 15 is 0 Å². The van der Waals surface area contributed by atoms with Crippen molar-refractivity contribution in [1.29, 1.82) is 0 Å². The third kappa shape index (κ3) is 8.29. The van der Waals surface area contributed by atoms with Crippen LogP contribution in [0.4, 0.5) is 5.69 Å². The maximum Gasteiger partial charge on any atom is 0.308 e. The summed E-state index contributed by atoms with van der Waals surface area (Å²) in [7, 11) is -2.08. The van der Waals surface area contributed by atoms with Crippen molar-refractivity contribution in [2.45, 2.75) is 50.3 Å². The highest BCUT2D eigenvalue weighted by Crippen LogP contribution is 2.30. The summed E-state index contributed by atoms with van der Waals surface area (Å²) in [5.74, 6) is -1.98. The van der Waals surface area contributed by atoms with Gasteiger partial charge in [0.2, 0.25) is 10.0 Å². The summed E-state index contributed by atoms with van der Waals surface area (Å²) in [6.45, 7) is 4.80. The molecule has 196 valence electrons. The molecule has 36 heavy (non-hydrogen) atoms. The van der Waals surface area contributed by atoms with Gasteiger partial charge in [0.15, 0.2) is 0 Å². The number of esters is 1. The van der Waals surface area contributed by atoms with Crippen LogP contribution in [0, 0.1) is 10.1 Å². The Kier molecular flexibility index (Phi) is 9.50. The fraction of sp³-hybridized carbons (Fsp3) is 0.391. The SMILES string of the molecule is CON(C)C(=O)[C@H](CC(=O)OC(C)(C)C)NS(=O)(=O)c1ccc([N+](=O)[O-])cc1OCc1ccccc1. The van der Waals surface area contributed by atoms with E-state index in [1.807, 2.05) is 0 Å². The Morgan fingerprint density at radius 3 is 2.33 bits per heavy atom. The van der Waals surface area contributed by atoms with Gasteiger partial charge in [-0.1, -0.05) is 30.3 Å². The molecular formula is C23H29N3O9S. The van der Waals surface area contributed by atoms with Crippen molar-refractivity contribution >= 4 is 27.6 Å². The number of rotatable bonds is 11. The molecule has 0 aliphatic heterocycles. The first kappa shape index (κ1) is 28.7. The minimum absolute atomic E-state index is 0.0722. The van der Waals surface area contributed by atoms with Crippen LogP contribution in [0.5, 0.6) is 5.75 Å². The summed E-state index contributed by atoms with van der Waals surface area (Å²) in [5, 5.41) is 12.0. The van der Waals surface area contributed by atoms with Crippen LogP contribution in [-0.2, 0) is 35.8 Å². The lowest BCUT2D eigenvalue weighted by Crippen LogP contribution is -2.48. The third-order valence-electron chi connectivity index (χ3n) is 4.64. The summed E-state index contributed by atoms with van der Waals surface area (Å²) in [5.41, 5.74) is -0.564. The molecule has 0 aromatic heterocycles. The molecule has 0 saturated heterocycles. The molecule has 1 atom stereocenters. The molecule has 1 amide bonds. The smallest absolute Gasteiger partial charge is 0.308 e. The number of carbonyl (C=O) groups is 2. The lowest BCUT2D eigenvalue weighted by Gasteiger charge is -2.25. The largest absolute Gasteiger partial charge is 0.487 e.